The lowest BCUT2D eigenvalue weighted by Crippen LogP contribution is -2.34. The minimum Gasteiger partial charge on any atom is -0.397 e. The first-order valence-electron chi connectivity index (χ1n) is 6.88. The lowest BCUT2D eigenvalue weighted by molar-refractivity contribution is -0.122. The molecule has 0 bridgehead atoms. The summed E-state index contributed by atoms with van der Waals surface area (Å²) in [7, 11) is 0. The molecule has 1 saturated heterocycles. The largest absolute Gasteiger partial charge is 0.397 e. The Balaban J connectivity index is 1.81. The fraction of sp³-hybridized carbons (Fsp3) is 0.429. The van der Waals surface area contributed by atoms with Crippen LogP contribution in [-0.4, -0.2) is 42.9 Å². The van der Waals surface area contributed by atoms with E-state index in [1.807, 2.05) is 4.90 Å². The molecule has 0 radical (unpaired) electrons. The Morgan fingerprint density at radius 2 is 2.29 bits per heavy atom. The maximum absolute atomic E-state index is 11.9. The number of nitrogens with one attached hydrogen (secondary N) is 2. The number of nitrogens with two attached hydrogens (primary N) is 1. The van der Waals surface area contributed by atoms with Gasteiger partial charge in [0.1, 0.15) is 0 Å². The van der Waals surface area contributed by atoms with Crippen LogP contribution in [0.5, 0.6) is 0 Å². The lowest BCUT2D eigenvalue weighted by Gasteiger charge is -2.17. The molecule has 1 aromatic carbocycles. The molecule has 21 heavy (non-hydrogen) atoms. The van der Waals surface area contributed by atoms with Gasteiger partial charge in [-0.1, -0.05) is 11.6 Å². The SMILES string of the molecule is Nc1cc(NC(=O)CCN2CCCNC(=O)C2)ccc1Cl. The van der Waals surface area contributed by atoms with Gasteiger partial charge in [-0.05, 0) is 24.6 Å². The Kier molecular flexibility index (Phi) is 5.41. The molecule has 1 heterocycles. The van der Waals surface area contributed by atoms with E-state index in [1.54, 1.807) is 18.2 Å². The average Bonchev–Trinajstić information content (AvgIpc) is 2.65. The van der Waals surface area contributed by atoms with Crippen LogP contribution in [0.4, 0.5) is 11.4 Å². The summed E-state index contributed by atoms with van der Waals surface area (Å²) in [5.74, 6) is -0.0974. The van der Waals surface area contributed by atoms with Gasteiger partial charge < -0.3 is 16.4 Å². The Morgan fingerprint density at radius 3 is 3.05 bits per heavy atom. The van der Waals surface area contributed by atoms with E-state index in [0.717, 1.165) is 13.0 Å². The van der Waals surface area contributed by atoms with Crippen molar-refractivity contribution < 1.29 is 9.59 Å². The summed E-state index contributed by atoms with van der Waals surface area (Å²) in [5, 5.41) is 6.04. The van der Waals surface area contributed by atoms with Crippen molar-refractivity contribution in [2.24, 2.45) is 0 Å². The molecule has 1 fully saturated rings. The molecule has 0 unspecified atom stereocenters. The quantitative estimate of drug-likeness (QED) is 0.726. The summed E-state index contributed by atoms with van der Waals surface area (Å²) >= 11 is 5.83. The molecule has 4 N–H and O–H groups in total. The van der Waals surface area contributed by atoms with Gasteiger partial charge in [0.25, 0.3) is 0 Å². The van der Waals surface area contributed by atoms with Crippen LogP contribution in [0.1, 0.15) is 12.8 Å². The average molecular weight is 311 g/mol. The van der Waals surface area contributed by atoms with Gasteiger partial charge in [0.2, 0.25) is 11.8 Å². The number of carbonyl (C=O) groups excluding carboxylic acids is 2. The highest BCUT2D eigenvalue weighted by atomic mass is 35.5. The Labute approximate surface area is 128 Å². The Bertz CT molecular complexity index is 536. The molecular formula is C14H19ClN4O2. The van der Waals surface area contributed by atoms with Gasteiger partial charge in [-0.15, -0.1) is 0 Å². The van der Waals surface area contributed by atoms with Crippen molar-refractivity contribution in [2.45, 2.75) is 12.8 Å². The van der Waals surface area contributed by atoms with E-state index in [9.17, 15) is 9.59 Å². The van der Waals surface area contributed by atoms with Gasteiger partial charge in [-0.25, -0.2) is 0 Å². The van der Waals surface area contributed by atoms with Crippen LogP contribution in [0, 0.1) is 0 Å². The number of carbonyl (C=O) groups is 2. The van der Waals surface area contributed by atoms with Gasteiger partial charge in [0.15, 0.2) is 0 Å². The zero-order valence-corrected chi connectivity index (χ0v) is 12.4. The number of amides is 2. The summed E-state index contributed by atoms with van der Waals surface area (Å²) in [6.07, 6.45) is 1.23. The summed E-state index contributed by atoms with van der Waals surface area (Å²) in [5.41, 5.74) is 6.73. The van der Waals surface area contributed by atoms with E-state index in [-0.39, 0.29) is 11.8 Å². The second kappa shape index (κ2) is 7.28. The smallest absolute Gasteiger partial charge is 0.234 e. The van der Waals surface area contributed by atoms with Crippen molar-refractivity contribution in [2.75, 3.05) is 37.2 Å². The molecule has 6 nitrogen and oxygen atoms in total. The third kappa shape index (κ3) is 4.91. The number of nitrogens with zero attached hydrogens (tertiary/aromatic N) is 1. The second-order valence-electron chi connectivity index (χ2n) is 5.01. The predicted molar refractivity (Wildman–Crippen MR) is 83.2 cm³/mol. The van der Waals surface area contributed by atoms with Gasteiger partial charge >= 0.3 is 0 Å². The van der Waals surface area contributed by atoms with Crippen molar-refractivity contribution >= 4 is 34.8 Å². The number of benzene rings is 1. The standard InChI is InChI=1S/C14H19ClN4O2/c15-11-3-2-10(8-12(11)16)18-13(20)4-7-19-6-1-5-17-14(21)9-19/h2-3,8H,1,4-7,9,16H2,(H,17,21)(H,18,20). The fourth-order valence-corrected chi connectivity index (χ4v) is 2.28. The van der Waals surface area contributed by atoms with Crippen molar-refractivity contribution in [1.29, 1.82) is 0 Å². The van der Waals surface area contributed by atoms with Gasteiger partial charge in [-0.3, -0.25) is 14.5 Å². The van der Waals surface area contributed by atoms with E-state index in [2.05, 4.69) is 10.6 Å². The molecule has 0 aliphatic carbocycles. The third-order valence-electron chi connectivity index (χ3n) is 3.28. The van der Waals surface area contributed by atoms with Crippen molar-refractivity contribution in [3.8, 4) is 0 Å². The zero-order chi connectivity index (χ0) is 15.2. The molecule has 1 aliphatic rings. The van der Waals surface area contributed by atoms with E-state index in [4.69, 9.17) is 17.3 Å². The number of hydrogen-bond acceptors (Lipinski definition) is 4. The molecule has 2 rings (SSSR count). The second-order valence-corrected chi connectivity index (χ2v) is 5.42. The number of rotatable bonds is 4. The maximum atomic E-state index is 11.9. The van der Waals surface area contributed by atoms with Crippen LogP contribution < -0.4 is 16.4 Å². The minimum absolute atomic E-state index is 0.0124. The van der Waals surface area contributed by atoms with Crippen LogP contribution >= 0.6 is 11.6 Å². The molecule has 0 aromatic heterocycles. The first-order valence-corrected chi connectivity index (χ1v) is 7.26. The highest BCUT2D eigenvalue weighted by Gasteiger charge is 2.15. The van der Waals surface area contributed by atoms with Crippen molar-refractivity contribution in [1.82, 2.24) is 10.2 Å². The Hall–Kier alpha value is -1.79. The molecule has 0 saturated carbocycles. The van der Waals surface area contributed by atoms with Gasteiger partial charge in [0, 0.05) is 31.7 Å². The van der Waals surface area contributed by atoms with Crippen LogP contribution in [0.25, 0.3) is 0 Å². The molecule has 0 spiro atoms. The van der Waals surface area contributed by atoms with Crippen LogP contribution in [0.15, 0.2) is 18.2 Å². The number of hydrogen-bond donors (Lipinski definition) is 3. The van der Waals surface area contributed by atoms with E-state index >= 15 is 0 Å². The third-order valence-corrected chi connectivity index (χ3v) is 3.62. The maximum Gasteiger partial charge on any atom is 0.234 e. The monoisotopic (exact) mass is 310 g/mol. The van der Waals surface area contributed by atoms with Crippen molar-refractivity contribution in [3.05, 3.63) is 23.2 Å². The summed E-state index contributed by atoms with van der Waals surface area (Å²) in [6.45, 7) is 2.43. The van der Waals surface area contributed by atoms with Crippen molar-refractivity contribution in [3.63, 3.8) is 0 Å². The fourth-order valence-electron chi connectivity index (χ4n) is 2.16. The van der Waals surface area contributed by atoms with Gasteiger partial charge in [0.05, 0.1) is 17.3 Å². The summed E-state index contributed by atoms with van der Waals surface area (Å²) in [6, 6.07) is 4.97. The van der Waals surface area contributed by atoms with Crippen LogP contribution in [-0.2, 0) is 9.59 Å². The summed E-state index contributed by atoms with van der Waals surface area (Å²) in [4.78, 5) is 25.3. The summed E-state index contributed by atoms with van der Waals surface area (Å²) < 4.78 is 0. The predicted octanol–water partition coefficient (Wildman–Crippen LogP) is 1.07. The topological polar surface area (TPSA) is 87.5 Å². The molecule has 1 aliphatic heterocycles. The minimum atomic E-state index is -0.110. The molecule has 114 valence electrons. The van der Waals surface area contributed by atoms with E-state index in [1.165, 1.54) is 0 Å². The first kappa shape index (κ1) is 15.6. The molecule has 7 heteroatoms. The van der Waals surface area contributed by atoms with Gasteiger partial charge in [-0.2, -0.15) is 0 Å². The van der Waals surface area contributed by atoms with E-state index < -0.39 is 0 Å². The lowest BCUT2D eigenvalue weighted by atomic mass is 10.2. The molecule has 1 aromatic rings. The number of halogens is 1. The molecule has 0 atom stereocenters. The van der Waals surface area contributed by atoms with Crippen LogP contribution in [0.3, 0.4) is 0 Å². The Morgan fingerprint density at radius 1 is 1.48 bits per heavy atom. The highest BCUT2D eigenvalue weighted by Crippen LogP contribution is 2.22. The molecular weight excluding hydrogens is 292 g/mol. The highest BCUT2D eigenvalue weighted by molar-refractivity contribution is 6.33. The number of anilines is 2. The van der Waals surface area contributed by atoms with E-state index in [0.29, 0.717) is 42.5 Å². The van der Waals surface area contributed by atoms with Crippen LogP contribution in [0.2, 0.25) is 5.02 Å². The normalized spacial score (nSPS) is 16.1. The first-order chi connectivity index (χ1) is 10.0. The molecule has 2 amide bonds. The number of nitrogen functional groups attached to an aromatic ring is 1. The zero-order valence-electron chi connectivity index (χ0n) is 11.7.